The average molecular weight is 428 g/mol. The average Bonchev–Trinajstić information content (AvgIpc) is 2.41. The molecule has 21 heavy (non-hydrogen) atoms. The summed E-state index contributed by atoms with van der Waals surface area (Å²) in [5.74, 6) is -1.45. The Bertz CT molecular complexity index is 656. The third-order valence-corrected chi connectivity index (χ3v) is 3.76. The van der Waals surface area contributed by atoms with Crippen LogP contribution in [0.5, 0.6) is 11.5 Å². The van der Waals surface area contributed by atoms with Crippen molar-refractivity contribution in [3.63, 3.8) is 0 Å². The van der Waals surface area contributed by atoms with Gasteiger partial charge in [0.25, 0.3) is 0 Å². The van der Waals surface area contributed by atoms with E-state index in [1.807, 2.05) is 0 Å². The second-order valence-electron chi connectivity index (χ2n) is 4.14. The van der Waals surface area contributed by atoms with Crippen LogP contribution in [0.15, 0.2) is 40.9 Å². The summed E-state index contributed by atoms with van der Waals surface area (Å²) in [5.41, 5.74) is -0.493. The number of halogens is 6. The Hall–Kier alpha value is -1.08. The Labute approximate surface area is 135 Å². The maximum Gasteiger partial charge on any atom is 0.419 e. The molecular weight excluding hydrogens is 420 g/mol. The van der Waals surface area contributed by atoms with E-state index in [9.17, 15) is 17.6 Å². The van der Waals surface area contributed by atoms with Crippen LogP contribution in [0.1, 0.15) is 11.1 Å². The molecule has 0 saturated heterocycles. The van der Waals surface area contributed by atoms with Gasteiger partial charge in [-0.25, -0.2) is 4.39 Å². The molecule has 0 saturated carbocycles. The first-order valence-electron chi connectivity index (χ1n) is 5.70. The Morgan fingerprint density at radius 3 is 2.24 bits per heavy atom. The lowest BCUT2D eigenvalue weighted by Gasteiger charge is -2.15. The SMILES string of the molecule is Fc1cc(Br)ccc1Oc1ccc(CBr)cc1C(F)(F)F. The molecule has 0 aliphatic heterocycles. The van der Waals surface area contributed by atoms with Crippen molar-refractivity contribution in [3.8, 4) is 11.5 Å². The zero-order valence-corrected chi connectivity index (χ0v) is 13.5. The number of hydrogen-bond acceptors (Lipinski definition) is 1. The standard InChI is InChI=1S/C14H8Br2F4O/c15-7-8-1-3-12(10(5-8)14(18,19)20)21-13-4-2-9(16)6-11(13)17/h1-6H,7H2. The van der Waals surface area contributed by atoms with Gasteiger partial charge in [0, 0.05) is 9.80 Å². The van der Waals surface area contributed by atoms with Crippen LogP contribution in [-0.2, 0) is 11.5 Å². The van der Waals surface area contributed by atoms with Gasteiger partial charge < -0.3 is 4.74 Å². The second kappa shape index (κ2) is 6.36. The predicted molar refractivity (Wildman–Crippen MR) is 78.2 cm³/mol. The van der Waals surface area contributed by atoms with Gasteiger partial charge in [0.05, 0.1) is 5.56 Å². The van der Waals surface area contributed by atoms with E-state index in [0.717, 1.165) is 12.1 Å². The molecule has 2 rings (SSSR count). The third kappa shape index (κ3) is 3.97. The molecule has 1 nitrogen and oxygen atoms in total. The highest BCUT2D eigenvalue weighted by Crippen LogP contribution is 2.39. The molecule has 2 aromatic carbocycles. The van der Waals surface area contributed by atoms with Crippen molar-refractivity contribution in [2.75, 3.05) is 0 Å². The zero-order chi connectivity index (χ0) is 15.6. The first-order valence-corrected chi connectivity index (χ1v) is 7.61. The van der Waals surface area contributed by atoms with E-state index in [2.05, 4.69) is 31.9 Å². The third-order valence-electron chi connectivity index (χ3n) is 2.62. The fourth-order valence-electron chi connectivity index (χ4n) is 1.65. The van der Waals surface area contributed by atoms with Crippen molar-refractivity contribution in [2.45, 2.75) is 11.5 Å². The maximum absolute atomic E-state index is 13.7. The van der Waals surface area contributed by atoms with Gasteiger partial charge in [-0.15, -0.1) is 0 Å². The number of ether oxygens (including phenoxy) is 1. The molecule has 112 valence electrons. The summed E-state index contributed by atoms with van der Waals surface area (Å²) >= 11 is 6.16. The van der Waals surface area contributed by atoms with E-state index in [1.165, 1.54) is 24.3 Å². The summed E-state index contributed by atoms with van der Waals surface area (Å²) in [4.78, 5) is 0. The molecule has 0 amide bonds. The largest absolute Gasteiger partial charge is 0.454 e. The van der Waals surface area contributed by atoms with Gasteiger partial charge in [0.15, 0.2) is 11.6 Å². The Morgan fingerprint density at radius 2 is 1.67 bits per heavy atom. The molecule has 0 atom stereocenters. The van der Waals surface area contributed by atoms with Gasteiger partial charge in [-0.1, -0.05) is 37.9 Å². The summed E-state index contributed by atoms with van der Waals surface area (Å²) in [7, 11) is 0. The second-order valence-corrected chi connectivity index (χ2v) is 5.62. The Morgan fingerprint density at radius 1 is 1.00 bits per heavy atom. The lowest BCUT2D eigenvalue weighted by atomic mass is 10.1. The monoisotopic (exact) mass is 426 g/mol. The maximum atomic E-state index is 13.7. The minimum Gasteiger partial charge on any atom is -0.454 e. The van der Waals surface area contributed by atoms with Crippen LogP contribution >= 0.6 is 31.9 Å². The lowest BCUT2D eigenvalue weighted by Crippen LogP contribution is -2.08. The van der Waals surface area contributed by atoms with Gasteiger partial charge in [-0.2, -0.15) is 13.2 Å². The van der Waals surface area contributed by atoms with E-state index in [0.29, 0.717) is 10.0 Å². The quantitative estimate of drug-likeness (QED) is 0.413. The van der Waals surface area contributed by atoms with Crippen LogP contribution in [-0.4, -0.2) is 0 Å². The zero-order valence-electron chi connectivity index (χ0n) is 10.3. The van der Waals surface area contributed by atoms with Crippen LogP contribution < -0.4 is 4.74 Å². The van der Waals surface area contributed by atoms with Gasteiger partial charge in [0.2, 0.25) is 0 Å². The Balaban J connectivity index is 2.44. The molecule has 7 heteroatoms. The van der Waals surface area contributed by atoms with Crippen LogP contribution in [0.4, 0.5) is 17.6 Å². The molecule has 0 radical (unpaired) electrons. The molecule has 2 aromatic rings. The van der Waals surface area contributed by atoms with Crippen molar-refractivity contribution in [1.29, 1.82) is 0 Å². The Kier molecular flexibility index (Phi) is 4.93. The van der Waals surface area contributed by atoms with Crippen LogP contribution in [0, 0.1) is 5.82 Å². The fraction of sp³-hybridized carbons (Fsp3) is 0.143. The minimum absolute atomic E-state index is 0.268. The molecule has 0 fully saturated rings. The van der Waals surface area contributed by atoms with Crippen molar-refractivity contribution < 1.29 is 22.3 Å². The number of alkyl halides is 4. The van der Waals surface area contributed by atoms with E-state index in [4.69, 9.17) is 4.74 Å². The van der Waals surface area contributed by atoms with Crippen molar-refractivity contribution in [2.24, 2.45) is 0 Å². The summed E-state index contributed by atoms with van der Waals surface area (Å²) in [5, 5.41) is 0.281. The molecule has 0 bridgehead atoms. The van der Waals surface area contributed by atoms with Gasteiger partial charge >= 0.3 is 6.18 Å². The topological polar surface area (TPSA) is 9.23 Å². The molecule has 0 aromatic heterocycles. The number of benzene rings is 2. The summed E-state index contributed by atoms with van der Waals surface area (Å²) in [6.45, 7) is 0. The normalized spacial score (nSPS) is 11.5. The van der Waals surface area contributed by atoms with Crippen molar-refractivity contribution in [3.05, 3.63) is 57.8 Å². The molecule has 0 N–H and O–H groups in total. The van der Waals surface area contributed by atoms with E-state index < -0.39 is 23.3 Å². The molecule has 0 unspecified atom stereocenters. The molecule has 0 aliphatic rings. The van der Waals surface area contributed by atoms with Crippen LogP contribution in [0.25, 0.3) is 0 Å². The smallest absolute Gasteiger partial charge is 0.419 e. The van der Waals surface area contributed by atoms with Gasteiger partial charge in [-0.05, 0) is 35.9 Å². The molecule has 0 spiro atoms. The summed E-state index contributed by atoms with van der Waals surface area (Å²) in [6, 6.07) is 7.50. The van der Waals surface area contributed by atoms with Crippen molar-refractivity contribution in [1.82, 2.24) is 0 Å². The molecule has 0 heterocycles. The van der Waals surface area contributed by atoms with E-state index in [-0.39, 0.29) is 11.1 Å². The van der Waals surface area contributed by atoms with Crippen LogP contribution in [0.2, 0.25) is 0 Å². The first-order chi connectivity index (χ1) is 9.81. The minimum atomic E-state index is -4.58. The number of rotatable bonds is 3. The van der Waals surface area contributed by atoms with Crippen LogP contribution in [0.3, 0.4) is 0 Å². The lowest BCUT2D eigenvalue weighted by molar-refractivity contribution is -0.138. The fourth-order valence-corrected chi connectivity index (χ4v) is 2.33. The van der Waals surface area contributed by atoms with Gasteiger partial charge in [-0.3, -0.25) is 0 Å². The molecular formula is C14H8Br2F4O. The number of hydrogen-bond donors (Lipinski definition) is 0. The highest BCUT2D eigenvalue weighted by molar-refractivity contribution is 9.10. The van der Waals surface area contributed by atoms with Gasteiger partial charge in [0.1, 0.15) is 5.75 Å². The predicted octanol–water partition coefficient (Wildman–Crippen LogP) is 6.29. The van der Waals surface area contributed by atoms with Crippen molar-refractivity contribution >= 4 is 31.9 Å². The summed E-state index contributed by atoms with van der Waals surface area (Å²) in [6.07, 6.45) is -4.58. The highest BCUT2D eigenvalue weighted by atomic mass is 79.9. The summed E-state index contributed by atoms with van der Waals surface area (Å²) < 4.78 is 58.3. The highest BCUT2D eigenvalue weighted by Gasteiger charge is 2.35. The first kappa shape index (κ1) is 16.3. The van der Waals surface area contributed by atoms with E-state index >= 15 is 0 Å². The van der Waals surface area contributed by atoms with E-state index in [1.54, 1.807) is 0 Å². The molecule has 0 aliphatic carbocycles.